The number of nitrogens with one attached hydrogen (secondary N) is 1. The lowest BCUT2D eigenvalue weighted by Gasteiger charge is -2.29. The average Bonchev–Trinajstić information content (AvgIpc) is 2.83. The molecule has 0 aliphatic rings. The van der Waals surface area contributed by atoms with Gasteiger partial charge in [0, 0.05) is 18.2 Å². The summed E-state index contributed by atoms with van der Waals surface area (Å²) in [6.45, 7) is 7.10. The standard InChI is InChI=1S/C14H22N4O/c1-4-14(5-2,10-19)9-15-13-16-12-8-11(3)6-7-18(12)17-13/h6-8,19H,4-5,9-10H2,1-3H3,(H,15,17). The van der Waals surface area contributed by atoms with Crippen LogP contribution in [0, 0.1) is 12.3 Å². The van der Waals surface area contributed by atoms with E-state index in [0.29, 0.717) is 12.5 Å². The van der Waals surface area contributed by atoms with Crippen molar-refractivity contribution in [2.45, 2.75) is 33.6 Å². The van der Waals surface area contributed by atoms with Crippen molar-refractivity contribution in [3.05, 3.63) is 23.9 Å². The van der Waals surface area contributed by atoms with Crippen molar-refractivity contribution in [2.75, 3.05) is 18.5 Å². The second-order valence-electron chi connectivity index (χ2n) is 5.16. The van der Waals surface area contributed by atoms with Crippen molar-refractivity contribution in [1.82, 2.24) is 14.6 Å². The van der Waals surface area contributed by atoms with Crippen LogP contribution >= 0.6 is 0 Å². The number of nitrogens with zero attached hydrogens (tertiary/aromatic N) is 3. The molecule has 0 fully saturated rings. The first kappa shape index (κ1) is 13.8. The molecule has 5 nitrogen and oxygen atoms in total. The van der Waals surface area contributed by atoms with Crippen LogP contribution in [0.25, 0.3) is 5.65 Å². The Labute approximate surface area is 113 Å². The maximum atomic E-state index is 9.54. The highest BCUT2D eigenvalue weighted by atomic mass is 16.3. The maximum absolute atomic E-state index is 9.54. The number of aliphatic hydroxyl groups is 1. The number of anilines is 1. The first-order valence-corrected chi connectivity index (χ1v) is 6.80. The minimum atomic E-state index is -0.0899. The molecule has 104 valence electrons. The van der Waals surface area contributed by atoms with E-state index in [0.717, 1.165) is 18.5 Å². The van der Waals surface area contributed by atoms with E-state index in [9.17, 15) is 5.11 Å². The summed E-state index contributed by atoms with van der Waals surface area (Å²) in [7, 11) is 0. The fourth-order valence-corrected chi connectivity index (χ4v) is 2.10. The van der Waals surface area contributed by atoms with Gasteiger partial charge in [-0.25, -0.2) is 4.52 Å². The summed E-state index contributed by atoms with van der Waals surface area (Å²) in [4.78, 5) is 4.44. The zero-order chi connectivity index (χ0) is 13.9. The summed E-state index contributed by atoms with van der Waals surface area (Å²) < 4.78 is 1.76. The molecule has 0 amide bonds. The summed E-state index contributed by atoms with van der Waals surface area (Å²) in [6.07, 6.45) is 3.76. The minimum absolute atomic E-state index is 0.0899. The number of aliphatic hydroxyl groups excluding tert-OH is 1. The van der Waals surface area contributed by atoms with Crippen LogP contribution in [0.3, 0.4) is 0 Å². The minimum Gasteiger partial charge on any atom is -0.396 e. The Balaban J connectivity index is 2.13. The van der Waals surface area contributed by atoms with Crippen LogP contribution in [0.2, 0.25) is 0 Å². The lowest BCUT2D eigenvalue weighted by molar-refractivity contribution is 0.127. The predicted octanol–water partition coefficient (Wildman–Crippen LogP) is 2.25. The van der Waals surface area contributed by atoms with Gasteiger partial charge < -0.3 is 10.4 Å². The third-order valence-electron chi connectivity index (χ3n) is 3.95. The van der Waals surface area contributed by atoms with Crippen molar-refractivity contribution < 1.29 is 5.11 Å². The molecular weight excluding hydrogens is 240 g/mol. The third kappa shape index (κ3) is 2.87. The lowest BCUT2D eigenvalue weighted by atomic mass is 9.83. The molecule has 0 atom stereocenters. The van der Waals surface area contributed by atoms with Crippen LogP contribution in [0.1, 0.15) is 32.3 Å². The van der Waals surface area contributed by atoms with Gasteiger partial charge in [-0.1, -0.05) is 13.8 Å². The van der Waals surface area contributed by atoms with Gasteiger partial charge in [0.15, 0.2) is 5.65 Å². The highest BCUT2D eigenvalue weighted by molar-refractivity contribution is 5.45. The fraction of sp³-hybridized carbons (Fsp3) is 0.571. The van der Waals surface area contributed by atoms with Crippen molar-refractivity contribution in [3.8, 4) is 0 Å². The molecule has 0 saturated heterocycles. The zero-order valence-electron chi connectivity index (χ0n) is 11.8. The number of aromatic nitrogens is 3. The van der Waals surface area contributed by atoms with Crippen molar-refractivity contribution >= 4 is 11.6 Å². The van der Waals surface area contributed by atoms with Gasteiger partial charge in [-0.05, 0) is 37.5 Å². The van der Waals surface area contributed by atoms with E-state index in [1.165, 1.54) is 5.56 Å². The molecule has 2 N–H and O–H groups in total. The van der Waals surface area contributed by atoms with Gasteiger partial charge in [0.1, 0.15) is 0 Å². The molecule has 0 bridgehead atoms. The van der Waals surface area contributed by atoms with Crippen molar-refractivity contribution in [2.24, 2.45) is 5.41 Å². The molecule has 2 aromatic heterocycles. The van der Waals surface area contributed by atoms with E-state index in [4.69, 9.17) is 0 Å². The molecule has 19 heavy (non-hydrogen) atoms. The maximum Gasteiger partial charge on any atom is 0.243 e. The van der Waals surface area contributed by atoms with Crippen LogP contribution in [0.4, 0.5) is 5.95 Å². The summed E-state index contributed by atoms with van der Waals surface area (Å²) in [5.74, 6) is 0.616. The Morgan fingerprint density at radius 1 is 1.37 bits per heavy atom. The smallest absolute Gasteiger partial charge is 0.243 e. The third-order valence-corrected chi connectivity index (χ3v) is 3.95. The molecule has 0 aliphatic heterocycles. The topological polar surface area (TPSA) is 62.5 Å². The number of hydrogen-bond donors (Lipinski definition) is 2. The van der Waals surface area contributed by atoms with Gasteiger partial charge in [0.2, 0.25) is 5.95 Å². The normalized spacial score (nSPS) is 12.0. The molecule has 0 aromatic carbocycles. The zero-order valence-corrected chi connectivity index (χ0v) is 11.8. The van der Waals surface area contributed by atoms with Gasteiger partial charge in [-0.15, -0.1) is 5.10 Å². The second kappa shape index (κ2) is 5.57. The largest absolute Gasteiger partial charge is 0.396 e. The molecule has 2 rings (SSSR count). The number of fused-ring (bicyclic) bond motifs is 1. The summed E-state index contributed by atoms with van der Waals surface area (Å²) in [5, 5.41) is 17.2. The van der Waals surface area contributed by atoms with Crippen LogP contribution in [-0.4, -0.2) is 32.9 Å². The highest BCUT2D eigenvalue weighted by Gasteiger charge is 2.25. The Bertz CT molecular complexity index is 537. The van der Waals surface area contributed by atoms with Crippen LogP contribution in [0.5, 0.6) is 0 Å². The Morgan fingerprint density at radius 2 is 2.11 bits per heavy atom. The molecule has 0 unspecified atom stereocenters. The SMILES string of the molecule is CCC(CC)(CO)CNc1nc2cc(C)ccn2n1. The highest BCUT2D eigenvalue weighted by Crippen LogP contribution is 2.25. The van der Waals surface area contributed by atoms with Gasteiger partial charge in [-0.2, -0.15) is 4.98 Å². The average molecular weight is 262 g/mol. The quantitative estimate of drug-likeness (QED) is 0.838. The van der Waals surface area contributed by atoms with Crippen molar-refractivity contribution in [3.63, 3.8) is 0 Å². The molecule has 5 heteroatoms. The van der Waals surface area contributed by atoms with E-state index in [1.807, 2.05) is 25.3 Å². The van der Waals surface area contributed by atoms with E-state index in [1.54, 1.807) is 4.52 Å². The molecule has 2 aromatic rings. The van der Waals surface area contributed by atoms with Crippen molar-refractivity contribution in [1.29, 1.82) is 0 Å². The Morgan fingerprint density at radius 3 is 2.74 bits per heavy atom. The van der Waals surface area contributed by atoms with Crippen LogP contribution < -0.4 is 5.32 Å². The molecule has 0 aliphatic carbocycles. The molecule has 0 spiro atoms. The summed E-state index contributed by atoms with van der Waals surface area (Å²) >= 11 is 0. The molecule has 0 radical (unpaired) electrons. The molecule has 2 heterocycles. The first-order valence-electron chi connectivity index (χ1n) is 6.80. The van der Waals surface area contributed by atoms with E-state index < -0.39 is 0 Å². The second-order valence-corrected chi connectivity index (χ2v) is 5.16. The number of aryl methyl sites for hydroxylation is 1. The number of hydrogen-bond acceptors (Lipinski definition) is 4. The fourth-order valence-electron chi connectivity index (χ4n) is 2.10. The molecular formula is C14H22N4O. The summed E-state index contributed by atoms with van der Waals surface area (Å²) in [5.41, 5.74) is 1.91. The lowest BCUT2D eigenvalue weighted by Crippen LogP contribution is -2.32. The first-order chi connectivity index (χ1) is 9.12. The van der Waals surface area contributed by atoms with Crippen LogP contribution in [0.15, 0.2) is 18.3 Å². The van der Waals surface area contributed by atoms with E-state index >= 15 is 0 Å². The Hall–Kier alpha value is -1.62. The van der Waals surface area contributed by atoms with E-state index in [2.05, 4.69) is 29.2 Å². The van der Waals surface area contributed by atoms with Gasteiger partial charge in [0.05, 0.1) is 6.61 Å². The number of rotatable bonds is 6. The number of pyridine rings is 1. The monoisotopic (exact) mass is 262 g/mol. The van der Waals surface area contributed by atoms with E-state index in [-0.39, 0.29) is 12.0 Å². The van der Waals surface area contributed by atoms with Gasteiger partial charge in [-0.3, -0.25) is 0 Å². The predicted molar refractivity (Wildman–Crippen MR) is 76.3 cm³/mol. The van der Waals surface area contributed by atoms with Gasteiger partial charge >= 0.3 is 0 Å². The molecule has 0 saturated carbocycles. The summed E-state index contributed by atoms with van der Waals surface area (Å²) in [6, 6.07) is 4.00. The van der Waals surface area contributed by atoms with Crippen LogP contribution in [-0.2, 0) is 0 Å². The van der Waals surface area contributed by atoms with Gasteiger partial charge in [0.25, 0.3) is 0 Å². The Kier molecular flexibility index (Phi) is 4.04.